The Bertz CT molecular complexity index is 480. The summed E-state index contributed by atoms with van der Waals surface area (Å²) in [6.45, 7) is 0. The molecule has 0 aromatic carbocycles. The summed E-state index contributed by atoms with van der Waals surface area (Å²) in [5.74, 6) is 0. The van der Waals surface area contributed by atoms with Crippen LogP contribution in [0.5, 0.6) is 0 Å². The number of hydrogen-bond donors (Lipinski definition) is 0. The fraction of sp³-hybridized carbons (Fsp3) is 0.222. The van der Waals surface area contributed by atoms with Gasteiger partial charge in [-0.1, -0.05) is 15.9 Å². The number of rotatable bonds is 2. The van der Waals surface area contributed by atoms with E-state index in [9.17, 15) is 0 Å². The van der Waals surface area contributed by atoms with E-state index in [-0.39, 0.29) is 4.83 Å². The Balaban J connectivity index is 2.36. The molecule has 2 heterocycles. The Morgan fingerprint density at radius 1 is 1.53 bits per heavy atom. The third kappa shape index (κ3) is 2.48. The number of nitrogens with zero attached hydrogens (tertiary/aromatic N) is 2. The zero-order valence-corrected chi connectivity index (χ0v) is 13.9. The van der Waals surface area contributed by atoms with E-state index in [0.29, 0.717) is 0 Å². The minimum atomic E-state index is 0.231. The highest BCUT2D eigenvalue weighted by atomic mass is 127. The van der Waals surface area contributed by atoms with Gasteiger partial charge in [0.25, 0.3) is 0 Å². The molecule has 0 fully saturated rings. The van der Waals surface area contributed by atoms with Gasteiger partial charge in [-0.05, 0) is 50.7 Å². The SMILES string of the molecule is Cn1ncc(C(Br)c2ccc(Br)s2)c1I. The predicted octanol–water partition coefficient (Wildman–Crippen LogP) is 4.33. The average Bonchev–Trinajstić information content (AvgIpc) is 2.75. The number of alkyl halides is 1. The fourth-order valence-corrected chi connectivity index (χ4v) is 4.42. The number of thiophene rings is 1. The van der Waals surface area contributed by atoms with Gasteiger partial charge < -0.3 is 0 Å². The Hall–Kier alpha value is 0.600. The molecule has 2 aromatic rings. The van der Waals surface area contributed by atoms with E-state index in [2.05, 4.69) is 71.7 Å². The minimum Gasteiger partial charge on any atom is -0.262 e. The van der Waals surface area contributed by atoms with Gasteiger partial charge in [-0.3, -0.25) is 4.68 Å². The Kier molecular flexibility index (Phi) is 3.90. The Labute approximate surface area is 122 Å². The van der Waals surface area contributed by atoms with E-state index >= 15 is 0 Å². The van der Waals surface area contributed by atoms with Crippen molar-refractivity contribution in [2.24, 2.45) is 7.05 Å². The molecule has 0 amide bonds. The lowest BCUT2D eigenvalue weighted by Crippen LogP contribution is -1.95. The summed E-state index contributed by atoms with van der Waals surface area (Å²) in [5, 5.41) is 4.24. The summed E-state index contributed by atoms with van der Waals surface area (Å²) in [7, 11) is 1.95. The zero-order valence-electron chi connectivity index (χ0n) is 7.75. The van der Waals surface area contributed by atoms with E-state index in [1.165, 1.54) is 14.1 Å². The average molecular weight is 462 g/mol. The highest BCUT2D eigenvalue weighted by molar-refractivity contribution is 14.1. The van der Waals surface area contributed by atoms with Crippen molar-refractivity contribution in [3.8, 4) is 0 Å². The molecule has 0 saturated heterocycles. The molecule has 2 aromatic heterocycles. The lowest BCUT2D eigenvalue weighted by atomic mass is 10.2. The molecule has 0 aliphatic heterocycles. The van der Waals surface area contributed by atoms with Crippen molar-refractivity contribution in [3.63, 3.8) is 0 Å². The second-order valence-corrected chi connectivity index (χ2v) is 7.45. The van der Waals surface area contributed by atoms with Crippen molar-refractivity contribution in [2.75, 3.05) is 0 Å². The second kappa shape index (κ2) is 4.85. The van der Waals surface area contributed by atoms with Gasteiger partial charge in [-0.15, -0.1) is 11.3 Å². The molecule has 1 unspecified atom stereocenters. The molecule has 0 bridgehead atoms. The molecule has 2 nitrogen and oxygen atoms in total. The van der Waals surface area contributed by atoms with Crippen LogP contribution in [0.3, 0.4) is 0 Å². The molecule has 0 aliphatic rings. The van der Waals surface area contributed by atoms with Crippen molar-refractivity contribution < 1.29 is 0 Å². The van der Waals surface area contributed by atoms with Crippen LogP contribution in [0.15, 0.2) is 22.1 Å². The van der Waals surface area contributed by atoms with E-state index < -0.39 is 0 Å². The van der Waals surface area contributed by atoms with E-state index in [1.54, 1.807) is 11.3 Å². The Morgan fingerprint density at radius 3 is 2.73 bits per heavy atom. The van der Waals surface area contributed by atoms with Gasteiger partial charge in [0.05, 0.1) is 14.8 Å². The number of hydrogen-bond acceptors (Lipinski definition) is 2. The molecule has 0 saturated carbocycles. The lowest BCUT2D eigenvalue weighted by molar-refractivity contribution is 0.746. The van der Waals surface area contributed by atoms with Crippen molar-refractivity contribution in [3.05, 3.63) is 36.3 Å². The van der Waals surface area contributed by atoms with Crippen molar-refractivity contribution in [1.29, 1.82) is 0 Å². The molecule has 0 N–H and O–H groups in total. The second-order valence-electron chi connectivity index (χ2n) is 3.02. The van der Waals surface area contributed by atoms with E-state index in [4.69, 9.17) is 0 Å². The molecule has 2 rings (SSSR count). The van der Waals surface area contributed by atoms with Crippen LogP contribution in [0.2, 0.25) is 0 Å². The molecular formula is C9H7Br2IN2S. The van der Waals surface area contributed by atoms with Crippen molar-refractivity contribution in [2.45, 2.75) is 4.83 Å². The van der Waals surface area contributed by atoms with Crippen LogP contribution in [-0.4, -0.2) is 9.78 Å². The van der Waals surface area contributed by atoms with Gasteiger partial charge in [-0.2, -0.15) is 5.10 Å². The first-order valence-electron chi connectivity index (χ1n) is 4.16. The summed E-state index contributed by atoms with van der Waals surface area (Å²) in [5.41, 5.74) is 1.22. The molecule has 0 aliphatic carbocycles. The van der Waals surface area contributed by atoms with Crippen LogP contribution in [0.4, 0.5) is 0 Å². The maximum atomic E-state index is 4.24. The predicted molar refractivity (Wildman–Crippen MR) is 78.7 cm³/mol. The summed E-state index contributed by atoms with van der Waals surface area (Å²) in [6, 6.07) is 4.19. The topological polar surface area (TPSA) is 17.8 Å². The molecule has 80 valence electrons. The standard InChI is InChI=1S/C9H7Br2IN2S/c1-14-9(12)5(4-13-14)8(11)6-2-3-7(10)15-6/h2-4,8H,1H3. The molecule has 0 radical (unpaired) electrons. The smallest absolute Gasteiger partial charge is 0.103 e. The van der Waals surface area contributed by atoms with Crippen LogP contribution < -0.4 is 0 Å². The normalized spacial score (nSPS) is 13.1. The van der Waals surface area contributed by atoms with Crippen LogP contribution in [-0.2, 0) is 7.05 Å². The summed E-state index contributed by atoms with van der Waals surface area (Å²) in [4.78, 5) is 1.52. The first-order chi connectivity index (χ1) is 7.09. The van der Waals surface area contributed by atoms with Crippen LogP contribution in [0.1, 0.15) is 15.3 Å². The first kappa shape index (κ1) is 12.1. The van der Waals surface area contributed by atoms with Gasteiger partial charge in [0.1, 0.15) is 3.70 Å². The van der Waals surface area contributed by atoms with E-state index in [1.807, 2.05) is 17.9 Å². The van der Waals surface area contributed by atoms with Crippen LogP contribution in [0, 0.1) is 3.70 Å². The third-order valence-corrected chi connectivity index (χ3v) is 6.31. The van der Waals surface area contributed by atoms with Crippen LogP contribution in [0.25, 0.3) is 0 Å². The van der Waals surface area contributed by atoms with Crippen molar-refractivity contribution in [1.82, 2.24) is 9.78 Å². The van der Waals surface area contributed by atoms with Gasteiger partial charge in [0.15, 0.2) is 0 Å². The molecule has 1 atom stereocenters. The molecular weight excluding hydrogens is 455 g/mol. The number of halogens is 3. The molecule has 15 heavy (non-hydrogen) atoms. The summed E-state index contributed by atoms with van der Waals surface area (Å²) >= 11 is 11.2. The molecule has 0 spiro atoms. The monoisotopic (exact) mass is 460 g/mol. The maximum Gasteiger partial charge on any atom is 0.103 e. The van der Waals surface area contributed by atoms with Gasteiger partial charge in [0.2, 0.25) is 0 Å². The lowest BCUT2D eigenvalue weighted by Gasteiger charge is -2.05. The summed E-state index contributed by atoms with van der Waals surface area (Å²) < 4.78 is 4.20. The van der Waals surface area contributed by atoms with Gasteiger partial charge in [0, 0.05) is 17.5 Å². The van der Waals surface area contributed by atoms with Gasteiger partial charge in [-0.25, -0.2) is 0 Å². The van der Waals surface area contributed by atoms with E-state index in [0.717, 1.165) is 3.79 Å². The van der Waals surface area contributed by atoms with Gasteiger partial charge >= 0.3 is 0 Å². The number of aryl methyl sites for hydroxylation is 1. The molecule has 6 heteroatoms. The minimum absolute atomic E-state index is 0.231. The third-order valence-electron chi connectivity index (χ3n) is 2.01. The highest BCUT2D eigenvalue weighted by Gasteiger charge is 2.17. The summed E-state index contributed by atoms with van der Waals surface area (Å²) in [6.07, 6.45) is 1.91. The quantitative estimate of drug-likeness (QED) is 0.481. The zero-order chi connectivity index (χ0) is 11.0. The fourth-order valence-electron chi connectivity index (χ4n) is 1.23. The maximum absolute atomic E-state index is 4.24. The first-order valence-corrected chi connectivity index (χ1v) is 7.76. The van der Waals surface area contributed by atoms with Crippen LogP contribution >= 0.6 is 65.8 Å². The Morgan fingerprint density at radius 2 is 2.27 bits per heavy atom. The van der Waals surface area contributed by atoms with Crippen molar-refractivity contribution >= 4 is 65.8 Å². The highest BCUT2D eigenvalue weighted by Crippen LogP contribution is 2.38. The largest absolute Gasteiger partial charge is 0.262 e. The number of aromatic nitrogens is 2.